The van der Waals surface area contributed by atoms with Crippen LogP contribution in [0.4, 0.5) is 0 Å². The van der Waals surface area contributed by atoms with Gasteiger partial charge in [0.05, 0.1) is 0 Å². The van der Waals surface area contributed by atoms with Crippen molar-refractivity contribution in [2.75, 3.05) is 13.6 Å². The molecule has 48 valence electrons. The van der Waals surface area contributed by atoms with Crippen molar-refractivity contribution >= 4 is 6.21 Å². The highest BCUT2D eigenvalue weighted by atomic mass is 14.6. The molecule has 0 unspecified atom stereocenters. The Hall–Kier alpha value is -0.370. The van der Waals surface area contributed by atoms with Crippen LogP contribution < -0.4 is 5.73 Å². The van der Waals surface area contributed by atoms with Crippen molar-refractivity contribution in [1.29, 1.82) is 0 Å². The first-order valence-corrected chi connectivity index (χ1v) is 3.02. The Bertz CT molecular complexity index is 59.5. The van der Waals surface area contributed by atoms with E-state index in [1.165, 1.54) is 6.42 Å². The molecule has 0 heterocycles. The number of rotatable bonds is 4. The lowest BCUT2D eigenvalue weighted by atomic mass is 10.2. The number of aliphatic imine (C=N–C) groups is 1. The molecule has 0 radical (unpaired) electrons. The van der Waals surface area contributed by atoms with E-state index < -0.39 is 0 Å². The molecule has 0 aromatic carbocycles. The van der Waals surface area contributed by atoms with Gasteiger partial charge in [0.2, 0.25) is 0 Å². The van der Waals surface area contributed by atoms with E-state index in [0.29, 0.717) is 0 Å². The Morgan fingerprint density at radius 3 is 2.75 bits per heavy atom. The van der Waals surface area contributed by atoms with Gasteiger partial charge in [-0.1, -0.05) is 0 Å². The van der Waals surface area contributed by atoms with Crippen molar-refractivity contribution in [3.8, 4) is 0 Å². The zero-order chi connectivity index (χ0) is 6.24. The van der Waals surface area contributed by atoms with Crippen molar-refractivity contribution < 1.29 is 0 Å². The van der Waals surface area contributed by atoms with Gasteiger partial charge in [-0.05, 0) is 32.0 Å². The summed E-state index contributed by atoms with van der Waals surface area (Å²) in [6.45, 7) is 0.803. The summed E-state index contributed by atoms with van der Waals surface area (Å²) in [5, 5.41) is 0. The van der Waals surface area contributed by atoms with Gasteiger partial charge in [-0.3, -0.25) is 0 Å². The molecule has 0 aromatic rings. The molecule has 8 heavy (non-hydrogen) atoms. The fourth-order valence-corrected chi connectivity index (χ4v) is 0.509. The Labute approximate surface area is 50.8 Å². The Morgan fingerprint density at radius 2 is 2.25 bits per heavy atom. The first-order valence-electron chi connectivity index (χ1n) is 3.02. The fraction of sp³-hybridized carbons (Fsp3) is 0.833. The molecule has 2 N–H and O–H groups in total. The van der Waals surface area contributed by atoms with Crippen molar-refractivity contribution in [3.63, 3.8) is 0 Å². The minimum absolute atomic E-state index is 0.803. The summed E-state index contributed by atoms with van der Waals surface area (Å²) in [5.41, 5.74) is 5.27. The maximum absolute atomic E-state index is 5.27. The first kappa shape index (κ1) is 7.63. The Balaban J connectivity index is 2.72. The van der Waals surface area contributed by atoms with E-state index in [-0.39, 0.29) is 0 Å². The molecule has 0 atom stereocenters. The molecular formula is C6H14N2. The van der Waals surface area contributed by atoms with Gasteiger partial charge >= 0.3 is 0 Å². The maximum Gasteiger partial charge on any atom is 0.0273 e. The van der Waals surface area contributed by atoms with Gasteiger partial charge in [-0.2, -0.15) is 0 Å². The van der Waals surface area contributed by atoms with Crippen LogP contribution in [-0.2, 0) is 0 Å². The summed E-state index contributed by atoms with van der Waals surface area (Å²) in [6.07, 6.45) is 5.29. The summed E-state index contributed by atoms with van der Waals surface area (Å²) in [7, 11) is 1.79. The monoisotopic (exact) mass is 114 g/mol. The Kier molecular flexibility index (Phi) is 6.32. The average molecular weight is 114 g/mol. The molecule has 0 rings (SSSR count). The van der Waals surface area contributed by atoms with Crippen LogP contribution in [0.15, 0.2) is 4.99 Å². The predicted octanol–water partition coefficient (Wildman–Crippen LogP) is 0.816. The molecule has 2 nitrogen and oxygen atoms in total. The van der Waals surface area contributed by atoms with E-state index in [2.05, 4.69) is 4.99 Å². The second-order valence-corrected chi connectivity index (χ2v) is 1.73. The lowest BCUT2D eigenvalue weighted by molar-refractivity contribution is 0.777. The first-order chi connectivity index (χ1) is 3.91. The zero-order valence-electron chi connectivity index (χ0n) is 5.43. The largest absolute Gasteiger partial charge is 0.330 e. The van der Waals surface area contributed by atoms with Gasteiger partial charge < -0.3 is 10.7 Å². The van der Waals surface area contributed by atoms with Gasteiger partial charge in [0.1, 0.15) is 0 Å². The zero-order valence-corrected chi connectivity index (χ0v) is 5.43. The van der Waals surface area contributed by atoms with E-state index in [4.69, 9.17) is 5.73 Å². The van der Waals surface area contributed by atoms with Gasteiger partial charge in [0, 0.05) is 7.05 Å². The summed E-state index contributed by atoms with van der Waals surface area (Å²) in [4.78, 5) is 3.84. The van der Waals surface area contributed by atoms with E-state index in [1.807, 2.05) is 6.21 Å². The number of nitrogens with two attached hydrogens (primary N) is 1. The van der Waals surface area contributed by atoms with Crippen LogP contribution in [0.2, 0.25) is 0 Å². The van der Waals surface area contributed by atoms with Crippen molar-refractivity contribution in [1.82, 2.24) is 0 Å². The predicted molar refractivity (Wildman–Crippen MR) is 37.3 cm³/mol. The van der Waals surface area contributed by atoms with Crippen molar-refractivity contribution in [2.45, 2.75) is 19.3 Å². The maximum atomic E-state index is 5.27. The van der Waals surface area contributed by atoms with Gasteiger partial charge in [0.25, 0.3) is 0 Å². The molecule has 0 aliphatic carbocycles. The van der Waals surface area contributed by atoms with Crippen LogP contribution in [-0.4, -0.2) is 19.8 Å². The average Bonchev–Trinajstić information content (AvgIpc) is 1.81. The van der Waals surface area contributed by atoms with Crippen LogP contribution in [0.5, 0.6) is 0 Å². The lowest BCUT2D eigenvalue weighted by Crippen LogP contribution is -1.97. The third kappa shape index (κ3) is 5.63. The van der Waals surface area contributed by atoms with E-state index >= 15 is 0 Å². The molecule has 0 aromatic heterocycles. The second kappa shape index (κ2) is 6.63. The third-order valence-electron chi connectivity index (χ3n) is 0.970. The molecule has 0 aliphatic rings. The van der Waals surface area contributed by atoms with Crippen LogP contribution in [0.3, 0.4) is 0 Å². The normalized spacial score (nSPS) is 10.8. The SMILES string of the molecule is C/N=C/CCCCN. The number of hydrogen-bond acceptors (Lipinski definition) is 2. The van der Waals surface area contributed by atoms with E-state index in [1.54, 1.807) is 7.05 Å². The Morgan fingerprint density at radius 1 is 1.50 bits per heavy atom. The van der Waals surface area contributed by atoms with E-state index in [0.717, 1.165) is 19.4 Å². The van der Waals surface area contributed by atoms with Crippen LogP contribution >= 0.6 is 0 Å². The molecule has 0 spiro atoms. The number of unbranched alkanes of at least 4 members (excludes halogenated alkanes) is 2. The summed E-state index contributed by atoms with van der Waals surface area (Å²) >= 11 is 0. The highest BCUT2D eigenvalue weighted by Gasteiger charge is 1.79. The van der Waals surface area contributed by atoms with Crippen LogP contribution in [0.25, 0.3) is 0 Å². The minimum Gasteiger partial charge on any atom is -0.330 e. The molecule has 2 heteroatoms. The van der Waals surface area contributed by atoms with E-state index in [9.17, 15) is 0 Å². The van der Waals surface area contributed by atoms with Gasteiger partial charge in [-0.25, -0.2) is 0 Å². The summed E-state index contributed by atoms with van der Waals surface area (Å²) in [6, 6.07) is 0. The highest BCUT2D eigenvalue weighted by molar-refractivity contribution is 5.56. The summed E-state index contributed by atoms with van der Waals surface area (Å²) in [5.74, 6) is 0. The van der Waals surface area contributed by atoms with Crippen molar-refractivity contribution in [2.24, 2.45) is 10.7 Å². The molecule has 0 saturated heterocycles. The van der Waals surface area contributed by atoms with Gasteiger partial charge in [0.15, 0.2) is 0 Å². The fourth-order valence-electron chi connectivity index (χ4n) is 0.509. The van der Waals surface area contributed by atoms with Crippen LogP contribution in [0.1, 0.15) is 19.3 Å². The topological polar surface area (TPSA) is 38.4 Å². The second-order valence-electron chi connectivity index (χ2n) is 1.73. The van der Waals surface area contributed by atoms with Gasteiger partial charge in [-0.15, -0.1) is 0 Å². The standard InChI is InChI=1S/C6H14N2/c1-8-6-4-2-3-5-7/h6H,2-5,7H2,1H3/b8-6+. The third-order valence-corrected chi connectivity index (χ3v) is 0.970. The molecule has 0 amide bonds. The molecule has 0 fully saturated rings. The number of nitrogens with zero attached hydrogens (tertiary/aromatic N) is 1. The summed E-state index contributed by atoms with van der Waals surface area (Å²) < 4.78 is 0. The molecular weight excluding hydrogens is 100 g/mol. The highest BCUT2D eigenvalue weighted by Crippen LogP contribution is 1.88. The molecule has 0 saturated carbocycles. The minimum atomic E-state index is 0.803. The lowest BCUT2D eigenvalue weighted by Gasteiger charge is -1.88. The van der Waals surface area contributed by atoms with Crippen molar-refractivity contribution in [3.05, 3.63) is 0 Å². The van der Waals surface area contributed by atoms with Crippen LogP contribution in [0, 0.1) is 0 Å². The number of hydrogen-bond donors (Lipinski definition) is 1. The molecule has 0 aliphatic heterocycles. The smallest absolute Gasteiger partial charge is 0.0273 e. The molecule has 0 bridgehead atoms. The quantitative estimate of drug-likeness (QED) is 0.426.